The summed E-state index contributed by atoms with van der Waals surface area (Å²) in [6.07, 6.45) is 0.819. The average Bonchev–Trinajstić information content (AvgIpc) is 2.58. The van der Waals surface area contributed by atoms with E-state index in [4.69, 9.17) is 14.0 Å². The fourth-order valence-corrected chi connectivity index (χ4v) is 4.08. The monoisotopic (exact) mass is 332 g/mol. The molecule has 23 heavy (non-hydrogen) atoms. The Labute approximate surface area is 138 Å². The van der Waals surface area contributed by atoms with E-state index in [-0.39, 0.29) is 6.10 Å². The quantitative estimate of drug-likeness (QED) is 0.576. The van der Waals surface area contributed by atoms with E-state index in [9.17, 15) is 4.79 Å². The van der Waals surface area contributed by atoms with Crippen LogP contribution >= 0.6 is 8.15 Å². The van der Waals surface area contributed by atoms with Crippen molar-refractivity contribution in [3.8, 4) is 11.5 Å². The molecular weight excluding hydrogens is 311 g/mol. The van der Waals surface area contributed by atoms with Crippen LogP contribution in [0.1, 0.15) is 24.2 Å². The maximum Gasteiger partial charge on any atom is 0.157 e. The number of benzene rings is 2. The Balaban J connectivity index is 2.56. The lowest BCUT2D eigenvalue weighted by atomic mass is 10.2. The second-order valence-corrected chi connectivity index (χ2v) is 7.00. The van der Waals surface area contributed by atoms with E-state index < -0.39 is 8.15 Å². The number of hydrogen-bond donors (Lipinski definition) is 0. The van der Waals surface area contributed by atoms with Gasteiger partial charge >= 0.3 is 0 Å². The molecule has 0 aromatic heterocycles. The predicted molar refractivity (Wildman–Crippen MR) is 93.8 cm³/mol. The van der Waals surface area contributed by atoms with Crippen LogP contribution in [-0.2, 0) is 4.52 Å². The molecule has 0 aliphatic carbocycles. The lowest BCUT2D eigenvalue weighted by Gasteiger charge is -2.22. The molecule has 4 nitrogen and oxygen atoms in total. The molecule has 0 radical (unpaired) electrons. The van der Waals surface area contributed by atoms with Crippen molar-refractivity contribution in [1.82, 2.24) is 0 Å². The van der Waals surface area contributed by atoms with E-state index in [1.165, 1.54) is 0 Å². The molecule has 0 bridgehead atoms. The van der Waals surface area contributed by atoms with Crippen LogP contribution in [0.4, 0.5) is 0 Å². The first kappa shape index (κ1) is 17.5. The van der Waals surface area contributed by atoms with Crippen LogP contribution in [-0.4, -0.2) is 26.6 Å². The zero-order valence-electron chi connectivity index (χ0n) is 13.8. The van der Waals surface area contributed by atoms with E-state index in [2.05, 4.69) is 0 Å². The molecule has 1 unspecified atom stereocenters. The molecule has 0 aliphatic rings. The van der Waals surface area contributed by atoms with Gasteiger partial charge in [0.2, 0.25) is 0 Å². The fraction of sp³-hybridized carbons (Fsp3) is 0.278. The van der Waals surface area contributed by atoms with Gasteiger partial charge in [0.05, 0.1) is 34.0 Å². The van der Waals surface area contributed by atoms with Gasteiger partial charge in [-0.1, -0.05) is 30.3 Å². The molecule has 0 aliphatic heterocycles. The van der Waals surface area contributed by atoms with Gasteiger partial charge in [-0.2, -0.15) is 0 Å². The SMILES string of the molecule is COc1cc(P(OC(C)C)c2ccccc2)cc(OC)c1C=O. The van der Waals surface area contributed by atoms with E-state index in [0.717, 1.165) is 16.9 Å². The van der Waals surface area contributed by atoms with Crippen molar-refractivity contribution in [2.24, 2.45) is 0 Å². The van der Waals surface area contributed by atoms with E-state index in [1.807, 2.05) is 56.3 Å². The van der Waals surface area contributed by atoms with Crippen LogP contribution in [0.2, 0.25) is 0 Å². The number of ether oxygens (including phenoxy) is 2. The third kappa shape index (κ3) is 4.10. The number of aldehydes is 1. The summed E-state index contributed by atoms with van der Waals surface area (Å²) in [5, 5.41) is 2.04. The summed E-state index contributed by atoms with van der Waals surface area (Å²) in [5.41, 5.74) is 0.409. The predicted octanol–water partition coefficient (Wildman–Crippen LogP) is 3.29. The highest BCUT2D eigenvalue weighted by atomic mass is 31.1. The summed E-state index contributed by atoms with van der Waals surface area (Å²) in [7, 11) is 2.06. The lowest BCUT2D eigenvalue weighted by molar-refractivity contribution is 0.111. The molecule has 5 heteroatoms. The Morgan fingerprint density at radius 3 is 1.96 bits per heavy atom. The molecule has 0 heterocycles. The minimum Gasteiger partial charge on any atom is -0.496 e. The first-order valence-corrected chi connectivity index (χ1v) is 8.59. The fourth-order valence-electron chi connectivity index (χ4n) is 2.20. The van der Waals surface area contributed by atoms with Gasteiger partial charge in [0, 0.05) is 10.6 Å². The highest BCUT2D eigenvalue weighted by Gasteiger charge is 2.21. The van der Waals surface area contributed by atoms with E-state index >= 15 is 0 Å². The molecule has 0 saturated heterocycles. The summed E-state index contributed by atoms with van der Waals surface area (Å²) >= 11 is 0. The highest BCUT2D eigenvalue weighted by Crippen LogP contribution is 2.40. The highest BCUT2D eigenvalue weighted by molar-refractivity contribution is 7.68. The molecule has 122 valence electrons. The van der Waals surface area contributed by atoms with Crippen molar-refractivity contribution in [3.63, 3.8) is 0 Å². The number of rotatable bonds is 7. The number of carbonyl (C=O) groups excluding carboxylic acids is 1. The van der Waals surface area contributed by atoms with Gasteiger partial charge in [-0.15, -0.1) is 0 Å². The van der Waals surface area contributed by atoms with Crippen LogP contribution in [0.3, 0.4) is 0 Å². The van der Waals surface area contributed by atoms with Crippen molar-refractivity contribution >= 4 is 25.0 Å². The van der Waals surface area contributed by atoms with Crippen LogP contribution in [0.15, 0.2) is 42.5 Å². The Morgan fingerprint density at radius 1 is 0.957 bits per heavy atom. The smallest absolute Gasteiger partial charge is 0.157 e. The van der Waals surface area contributed by atoms with Gasteiger partial charge in [0.1, 0.15) is 11.5 Å². The number of methoxy groups -OCH3 is 2. The summed E-state index contributed by atoms with van der Waals surface area (Å²) in [5.74, 6) is 0.982. The maximum absolute atomic E-state index is 11.3. The Bertz CT molecular complexity index is 630. The standard InChI is InChI=1S/C18H21O4P/c1-13(2)22-23(14-8-6-5-7-9-14)15-10-17(20-3)16(12-19)18(11-15)21-4/h5-13H,1-4H3. The molecule has 0 fully saturated rings. The molecule has 2 rings (SSSR count). The minimum absolute atomic E-state index is 0.0732. The Morgan fingerprint density at radius 2 is 1.52 bits per heavy atom. The van der Waals surface area contributed by atoms with Gasteiger partial charge in [-0.25, -0.2) is 0 Å². The summed E-state index contributed by atoms with van der Waals surface area (Å²) < 4.78 is 16.9. The molecule has 1 atom stereocenters. The van der Waals surface area contributed by atoms with Crippen LogP contribution in [0, 0.1) is 0 Å². The summed E-state index contributed by atoms with van der Waals surface area (Å²) in [4.78, 5) is 11.3. The second-order valence-electron chi connectivity index (χ2n) is 5.17. The first-order chi connectivity index (χ1) is 11.1. The van der Waals surface area contributed by atoms with Crippen LogP contribution < -0.4 is 20.1 Å². The minimum atomic E-state index is -1.03. The third-order valence-electron chi connectivity index (χ3n) is 3.19. The maximum atomic E-state index is 11.3. The normalized spacial score (nSPS) is 12.0. The zero-order chi connectivity index (χ0) is 16.8. The summed E-state index contributed by atoms with van der Waals surface area (Å²) in [6, 6.07) is 13.7. The first-order valence-electron chi connectivity index (χ1n) is 7.33. The van der Waals surface area contributed by atoms with Crippen molar-refractivity contribution in [2.75, 3.05) is 14.2 Å². The second kappa shape index (κ2) is 8.09. The van der Waals surface area contributed by atoms with Crippen molar-refractivity contribution < 1.29 is 18.8 Å². The molecule has 0 saturated carbocycles. The van der Waals surface area contributed by atoms with Crippen molar-refractivity contribution in [1.29, 1.82) is 0 Å². The Hall–Kier alpha value is -1.90. The van der Waals surface area contributed by atoms with Gasteiger partial charge in [-0.3, -0.25) is 4.79 Å². The Kier molecular flexibility index (Phi) is 6.14. The number of carbonyl (C=O) groups is 1. The molecule has 2 aromatic carbocycles. The van der Waals surface area contributed by atoms with Crippen molar-refractivity contribution in [3.05, 3.63) is 48.0 Å². The average molecular weight is 332 g/mol. The number of hydrogen-bond acceptors (Lipinski definition) is 4. The third-order valence-corrected chi connectivity index (χ3v) is 5.31. The van der Waals surface area contributed by atoms with Gasteiger partial charge in [0.25, 0.3) is 0 Å². The summed E-state index contributed by atoms with van der Waals surface area (Å²) in [6.45, 7) is 4.01. The largest absolute Gasteiger partial charge is 0.496 e. The van der Waals surface area contributed by atoms with Crippen molar-refractivity contribution in [2.45, 2.75) is 20.0 Å². The molecule has 0 amide bonds. The van der Waals surface area contributed by atoms with E-state index in [0.29, 0.717) is 17.1 Å². The van der Waals surface area contributed by atoms with Gasteiger partial charge in [0.15, 0.2) is 6.29 Å². The molecule has 0 N–H and O–H groups in total. The lowest BCUT2D eigenvalue weighted by Crippen LogP contribution is -2.17. The van der Waals surface area contributed by atoms with Gasteiger partial charge in [-0.05, 0) is 26.0 Å². The molecule has 2 aromatic rings. The van der Waals surface area contributed by atoms with Crippen LogP contribution in [0.5, 0.6) is 11.5 Å². The topological polar surface area (TPSA) is 44.8 Å². The van der Waals surface area contributed by atoms with E-state index in [1.54, 1.807) is 14.2 Å². The molecular formula is C18H21O4P. The molecule has 0 spiro atoms. The van der Waals surface area contributed by atoms with Crippen LogP contribution in [0.25, 0.3) is 0 Å². The zero-order valence-corrected chi connectivity index (χ0v) is 14.7. The van der Waals surface area contributed by atoms with Gasteiger partial charge < -0.3 is 14.0 Å².